The number of aliphatic hydroxyl groups is 1. The van der Waals surface area contributed by atoms with Crippen molar-refractivity contribution in [3.05, 3.63) is 54.1 Å². The fourth-order valence-electron chi connectivity index (χ4n) is 4.80. The lowest BCUT2D eigenvalue weighted by Crippen LogP contribution is -2.60. The van der Waals surface area contributed by atoms with Crippen molar-refractivity contribution in [2.24, 2.45) is 11.3 Å². The molecule has 238 valence electrons. The number of aliphatic hydroxyl groups excluding tert-OH is 1. The second kappa shape index (κ2) is 15.0. The molecule has 2 aromatic rings. The maximum absolute atomic E-state index is 14.0. The molecule has 3 rings (SSSR count). The number of benzene rings is 2. The Bertz CT molecular complexity index is 1330. The van der Waals surface area contributed by atoms with E-state index in [4.69, 9.17) is 9.47 Å². The summed E-state index contributed by atoms with van der Waals surface area (Å²) in [5.41, 5.74) is 3.09. The molecule has 43 heavy (non-hydrogen) atoms. The van der Waals surface area contributed by atoms with E-state index in [9.17, 15) is 23.1 Å². The summed E-state index contributed by atoms with van der Waals surface area (Å²) in [4.78, 5) is 26.4. The van der Waals surface area contributed by atoms with E-state index in [0.29, 0.717) is 24.7 Å². The largest absolute Gasteiger partial charge is 0.486 e. The predicted octanol–water partition coefficient (Wildman–Crippen LogP) is 2.59. The number of hydrogen-bond donors (Lipinski definition) is 3. The summed E-state index contributed by atoms with van der Waals surface area (Å²) in [6.07, 6.45) is -1.09. The molecule has 0 saturated heterocycles. The number of ether oxygens (including phenoxy) is 2. The van der Waals surface area contributed by atoms with Gasteiger partial charge in [-0.25, -0.2) is 13.4 Å². The lowest BCUT2D eigenvalue weighted by atomic mass is 9.91. The molecular weight excluding hydrogens is 572 g/mol. The summed E-state index contributed by atoms with van der Waals surface area (Å²) >= 11 is 0. The SMILES string of the molecule is CNCC(=O)NN(C(=O)CC(C)(C)C)C(Cc1ccccc1)[C@H](O)CN(CC(C)C)S(=O)(=O)c1ccc2c(c1)OCCO2. The van der Waals surface area contributed by atoms with Crippen molar-refractivity contribution in [2.75, 3.05) is 39.9 Å². The maximum Gasteiger partial charge on any atom is 0.252 e. The molecule has 2 amide bonds. The molecule has 2 atom stereocenters. The fourth-order valence-corrected chi connectivity index (χ4v) is 6.44. The van der Waals surface area contributed by atoms with Crippen molar-refractivity contribution >= 4 is 21.8 Å². The summed E-state index contributed by atoms with van der Waals surface area (Å²) in [6, 6.07) is 12.8. The Kier molecular flexibility index (Phi) is 12.0. The molecule has 0 aliphatic carbocycles. The van der Waals surface area contributed by atoms with E-state index in [0.717, 1.165) is 5.56 Å². The Labute approximate surface area is 255 Å². The molecule has 2 aromatic carbocycles. The van der Waals surface area contributed by atoms with Gasteiger partial charge in [0, 0.05) is 25.6 Å². The van der Waals surface area contributed by atoms with Gasteiger partial charge in [-0.2, -0.15) is 4.31 Å². The Balaban J connectivity index is 2.01. The van der Waals surface area contributed by atoms with Crippen molar-refractivity contribution in [1.29, 1.82) is 0 Å². The van der Waals surface area contributed by atoms with Gasteiger partial charge in [-0.15, -0.1) is 0 Å². The number of amides is 2. The van der Waals surface area contributed by atoms with Crippen molar-refractivity contribution in [3.63, 3.8) is 0 Å². The Hall–Kier alpha value is -3.19. The molecular formula is C31H46N4O7S. The molecule has 12 heteroatoms. The van der Waals surface area contributed by atoms with Crippen LogP contribution in [0.1, 0.15) is 46.6 Å². The molecule has 0 saturated carbocycles. The number of likely N-dealkylation sites (N-methyl/N-ethyl adjacent to an activating group) is 1. The second-order valence-corrected chi connectivity index (χ2v) is 14.4. The molecule has 11 nitrogen and oxygen atoms in total. The third kappa shape index (κ3) is 9.92. The van der Waals surface area contributed by atoms with Gasteiger partial charge in [0.25, 0.3) is 5.91 Å². The molecule has 0 bridgehead atoms. The Morgan fingerprint density at radius 3 is 2.26 bits per heavy atom. The minimum Gasteiger partial charge on any atom is -0.486 e. The maximum atomic E-state index is 14.0. The molecule has 0 fully saturated rings. The highest BCUT2D eigenvalue weighted by Gasteiger charge is 2.37. The van der Waals surface area contributed by atoms with Crippen LogP contribution in [0.15, 0.2) is 53.4 Å². The highest BCUT2D eigenvalue weighted by Crippen LogP contribution is 2.33. The van der Waals surface area contributed by atoms with Gasteiger partial charge in [0.2, 0.25) is 15.9 Å². The quantitative estimate of drug-likeness (QED) is 0.292. The van der Waals surface area contributed by atoms with E-state index in [1.165, 1.54) is 21.4 Å². The molecule has 1 aliphatic heterocycles. The molecule has 1 aliphatic rings. The monoisotopic (exact) mass is 618 g/mol. The third-order valence-corrected chi connectivity index (χ3v) is 8.53. The van der Waals surface area contributed by atoms with Crippen molar-refractivity contribution in [3.8, 4) is 11.5 Å². The van der Waals surface area contributed by atoms with Crippen LogP contribution in [0, 0.1) is 11.3 Å². The molecule has 0 spiro atoms. The first-order chi connectivity index (χ1) is 20.2. The fraction of sp³-hybridized carbons (Fsp3) is 0.548. The number of hydrogen-bond acceptors (Lipinski definition) is 8. The number of fused-ring (bicyclic) bond motifs is 1. The molecule has 0 aromatic heterocycles. The smallest absolute Gasteiger partial charge is 0.252 e. The van der Waals surface area contributed by atoms with Gasteiger partial charge in [0.05, 0.1) is 23.6 Å². The van der Waals surface area contributed by atoms with Gasteiger partial charge >= 0.3 is 0 Å². The van der Waals surface area contributed by atoms with Gasteiger partial charge in [-0.3, -0.25) is 15.0 Å². The van der Waals surface area contributed by atoms with Gasteiger partial charge in [-0.1, -0.05) is 65.0 Å². The summed E-state index contributed by atoms with van der Waals surface area (Å²) in [7, 11) is -2.49. The van der Waals surface area contributed by atoms with Crippen LogP contribution in [0.5, 0.6) is 11.5 Å². The Morgan fingerprint density at radius 2 is 1.65 bits per heavy atom. The number of sulfonamides is 1. The van der Waals surface area contributed by atoms with Crippen LogP contribution in [0.4, 0.5) is 0 Å². The summed E-state index contributed by atoms with van der Waals surface area (Å²) < 4.78 is 40.4. The minimum atomic E-state index is -4.10. The molecule has 0 radical (unpaired) electrons. The van der Waals surface area contributed by atoms with E-state index in [2.05, 4.69) is 10.7 Å². The minimum absolute atomic E-state index is 0.00666. The van der Waals surface area contributed by atoms with E-state index in [1.54, 1.807) is 13.1 Å². The lowest BCUT2D eigenvalue weighted by molar-refractivity contribution is -0.149. The number of rotatable bonds is 13. The van der Waals surface area contributed by atoms with Crippen LogP contribution < -0.4 is 20.2 Å². The predicted molar refractivity (Wildman–Crippen MR) is 164 cm³/mol. The lowest BCUT2D eigenvalue weighted by Gasteiger charge is -2.38. The van der Waals surface area contributed by atoms with Gasteiger partial charge < -0.3 is 19.9 Å². The highest BCUT2D eigenvalue weighted by atomic mass is 32.2. The van der Waals surface area contributed by atoms with Crippen LogP contribution in [-0.2, 0) is 26.0 Å². The first kappa shape index (κ1) is 34.3. The molecule has 1 unspecified atom stereocenters. The zero-order chi connectivity index (χ0) is 31.8. The number of carbonyl (C=O) groups is 2. The van der Waals surface area contributed by atoms with E-state index >= 15 is 0 Å². The van der Waals surface area contributed by atoms with Gasteiger partial charge in [0.15, 0.2) is 11.5 Å². The number of nitrogens with zero attached hydrogens (tertiary/aromatic N) is 2. The number of hydrazine groups is 1. The molecule has 3 N–H and O–H groups in total. The zero-order valence-electron chi connectivity index (χ0n) is 26.0. The number of nitrogens with one attached hydrogen (secondary N) is 2. The van der Waals surface area contributed by atoms with Crippen LogP contribution in [0.25, 0.3) is 0 Å². The van der Waals surface area contributed by atoms with Crippen molar-refractivity contribution < 1.29 is 32.6 Å². The van der Waals surface area contributed by atoms with Crippen LogP contribution in [0.2, 0.25) is 0 Å². The first-order valence-electron chi connectivity index (χ1n) is 14.6. The summed E-state index contributed by atoms with van der Waals surface area (Å²) in [5, 5.41) is 15.8. The second-order valence-electron chi connectivity index (χ2n) is 12.4. The third-order valence-electron chi connectivity index (χ3n) is 6.71. The van der Waals surface area contributed by atoms with E-state index in [-0.39, 0.29) is 49.2 Å². The standard InChI is InChI=1S/C31H46N4O7S/c1-22(2)20-34(43(39,40)24-12-13-27-28(17-24)42-15-14-41-27)21-26(36)25(16-23-10-8-7-9-11-23)35(33-29(37)19-32-6)30(38)18-31(3,4)5/h7-13,17,22,25-26,32,36H,14-16,18-21H2,1-6H3,(H,33,37)/t25?,26-/m1/s1. The van der Waals surface area contributed by atoms with Gasteiger partial charge in [-0.05, 0) is 42.5 Å². The van der Waals surface area contributed by atoms with Crippen molar-refractivity contribution in [2.45, 2.75) is 64.5 Å². The van der Waals surface area contributed by atoms with Crippen LogP contribution in [0.3, 0.4) is 0 Å². The zero-order valence-corrected chi connectivity index (χ0v) is 26.8. The van der Waals surface area contributed by atoms with Crippen LogP contribution in [-0.4, -0.2) is 86.7 Å². The van der Waals surface area contributed by atoms with Crippen molar-refractivity contribution in [1.82, 2.24) is 20.1 Å². The highest BCUT2D eigenvalue weighted by molar-refractivity contribution is 7.89. The van der Waals surface area contributed by atoms with Gasteiger partial charge in [0.1, 0.15) is 13.2 Å². The average Bonchev–Trinajstić information content (AvgIpc) is 2.93. The summed E-state index contributed by atoms with van der Waals surface area (Å²) in [6.45, 7) is 9.94. The van der Waals surface area contributed by atoms with Crippen LogP contribution >= 0.6 is 0 Å². The average molecular weight is 619 g/mol. The number of carbonyl (C=O) groups excluding carboxylic acids is 2. The Morgan fingerprint density at radius 1 is 1.00 bits per heavy atom. The van der Waals surface area contributed by atoms with E-state index < -0.39 is 33.5 Å². The van der Waals surface area contributed by atoms with E-state index in [1.807, 2.05) is 65.0 Å². The topological polar surface area (TPSA) is 138 Å². The summed E-state index contributed by atoms with van der Waals surface area (Å²) in [5.74, 6) is -0.111. The normalized spacial score (nSPS) is 14.8. The first-order valence-corrected chi connectivity index (χ1v) is 16.0. The molecule has 1 heterocycles.